The van der Waals surface area contributed by atoms with Crippen molar-refractivity contribution in [2.75, 3.05) is 43.5 Å². The lowest BCUT2D eigenvalue weighted by atomic mass is 10.0. The van der Waals surface area contributed by atoms with Crippen LogP contribution in [-0.2, 0) is 9.53 Å². The van der Waals surface area contributed by atoms with Crippen LogP contribution in [0.2, 0.25) is 0 Å². The first-order valence-corrected chi connectivity index (χ1v) is 10.2. The molecule has 0 aromatic heterocycles. The van der Waals surface area contributed by atoms with E-state index in [9.17, 15) is 4.79 Å². The number of nitrogen functional groups attached to an aromatic ring is 1. The second-order valence-corrected chi connectivity index (χ2v) is 7.93. The highest BCUT2D eigenvalue weighted by Gasteiger charge is 2.32. The summed E-state index contributed by atoms with van der Waals surface area (Å²) in [6.45, 7) is 7.24. The molecule has 3 aliphatic rings. The van der Waals surface area contributed by atoms with Crippen molar-refractivity contribution in [2.45, 2.75) is 51.1 Å². The van der Waals surface area contributed by atoms with Crippen molar-refractivity contribution in [1.82, 2.24) is 4.90 Å². The number of carbonyl (C=O) groups is 1. The Morgan fingerprint density at radius 1 is 1.11 bits per heavy atom. The predicted octanol–water partition coefficient (Wildman–Crippen LogP) is 2.83. The van der Waals surface area contributed by atoms with Gasteiger partial charge in [0.1, 0.15) is 0 Å². The Morgan fingerprint density at radius 2 is 1.81 bits per heavy atom. The van der Waals surface area contributed by atoms with Crippen LogP contribution in [0.25, 0.3) is 0 Å². The van der Waals surface area contributed by atoms with E-state index in [-0.39, 0.29) is 5.92 Å². The number of hydrogen-bond donors (Lipinski definition) is 2. The SMILES string of the molecule is CC1CCCN1C1CCN(c2ccc(N)cc2)C1.O=C(O)C1CCOCC1. The van der Waals surface area contributed by atoms with E-state index >= 15 is 0 Å². The molecule has 2 atom stereocenters. The molecule has 3 heterocycles. The van der Waals surface area contributed by atoms with Gasteiger partial charge in [-0.3, -0.25) is 9.69 Å². The Kier molecular flexibility index (Phi) is 6.96. The summed E-state index contributed by atoms with van der Waals surface area (Å²) in [4.78, 5) is 15.5. The monoisotopic (exact) mass is 375 g/mol. The quantitative estimate of drug-likeness (QED) is 0.791. The van der Waals surface area contributed by atoms with Crippen molar-refractivity contribution in [3.8, 4) is 0 Å². The van der Waals surface area contributed by atoms with E-state index in [4.69, 9.17) is 15.6 Å². The van der Waals surface area contributed by atoms with Gasteiger partial charge < -0.3 is 20.5 Å². The van der Waals surface area contributed by atoms with Crippen molar-refractivity contribution in [3.05, 3.63) is 24.3 Å². The number of benzene rings is 1. The first-order valence-electron chi connectivity index (χ1n) is 10.2. The number of anilines is 2. The second-order valence-electron chi connectivity index (χ2n) is 7.93. The molecule has 0 saturated carbocycles. The zero-order valence-corrected chi connectivity index (χ0v) is 16.3. The lowest BCUT2D eigenvalue weighted by Crippen LogP contribution is -2.39. The van der Waals surface area contributed by atoms with Gasteiger partial charge in [-0.05, 0) is 69.8 Å². The van der Waals surface area contributed by atoms with Crippen LogP contribution >= 0.6 is 0 Å². The van der Waals surface area contributed by atoms with E-state index in [1.807, 2.05) is 12.1 Å². The standard InChI is InChI=1S/C15H23N3.C6H10O3/c1-12-3-2-9-18(12)15-8-10-17(11-15)14-6-4-13(16)5-7-14;7-6(8)5-1-3-9-4-2-5/h4-7,12,15H,2-3,8-11,16H2,1H3;5H,1-4H2,(H,7,8). The summed E-state index contributed by atoms with van der Waals surface area (Å²) in [6.07, 6.45) is 5.40. The molecule has 0 bridgehead atoms. The van der Waals surface area contributed by atoms with Gasteiger partial charge in [0.15, 0.2) is 0 Å². The third-order valence-electron chi connectivity index (χ3n) is 6.07. The molecule has 0 aliphatic carbocycles. The van der Waals surface area contributed by atoms with Crippen molar-refractivity contribution >= 4 is 17.3 Å². The third-order valence-corrected chi connectivity index (χ3v) is 6.07. The van der Waals surface area contributed by atoms with Crippen molar-refractivity contribution in [1.29, 1.82) is 0 Å². The third kappa shape index (κ3) is 5.36. The van der Waals surface area contributed by atoms with E-state index in [1.54, 1.807) is 0 Å². The molecule has 4 rings (SSSR count). The van der Waals surface area contributed by atoms with Gasteiger partial charge >= 0.3 is 5.97 Å². The number of likely N-dealkylation sites (tertiary alicyclic amines) is 1. The van der Waals surface area contributed by atoms with Crippen molar-refractivity contribution in [3.63, 3.8) is 0 Å². The Morgan fingerprint density at radius 3 is 2.37 bits per heavy atom. The van der Waals surface area contributed by atoms with Gasteiger partial charge in [0.25, 0.3) is 0 Å². The van der Waals surface area contributed by atoms with Crippen LogP contribution in [0.5, 0.6) is 0 Å². The molecule has 6 heteroatoms. The Labute approximate surface area is 162 Å². The highest BCUT2D eigenvalue weighted by molar-refractivity contribution is 5.69. The van der Waals surface area contributed by atoms with Crippen LogP contribution in [0.15, 0.2) is 24.3 Å². The largest absolute Gasteiger partial charge is 0.481 e. The fourth-order valence-corrected chi connectivity index (χ4v) is 4.37. The van der Waals surface area contributed by atoms with E-state index in [0.717, 1.165) is 17.8 Å². The van der Waals surface area contributed by atoms with Gasteiger partial charge in [-0.2, -0.15) is 0 Å². The van der Waals surface area contributed by atoms with E-state index in [2.05, 4.69) is 28.9 Å². The van der Waals surface area contributed by atoms with Crippen molar-refractivity contribution in [2.24, 2.45) is 5.92 Å². The van der Waals surface area contributed by atoms with Crippen LogP contribution in [-0.4, -0.2) is 60.9 Å². The fraction of sp³-hybridized carbons (Fsp3) is 0.667. The number of ether oxygens (including phenoxy) is 1. The molecule has 3 saturated heterocycles. The lowest BCUT2D eigenvalue weighted by Gasteiger charge is -2.28. The van der Waals surface area contributed by atoms with Gasteiger partial charge in [0.2, 0.25) is 0 Å². The molecule has 0 radical (unpaired) electrons. The summed E-state index contributed by atoms with van der Waals surface area (Å²) in [5, 5.41) is 8.48. The van der Waals surface area contributed by atoms with E-state index in [1.165, 1.54) is 44.6 Å². The van der Waals surface area contributed by atoms with E-state index in [0.29, 0.717) is 26.1 Å². The minimum Gasteiger partial charge on any atom is -0.481 e. The summed E-state index contributed by atoms with van der Waals surface area (Å²) >= 11 is 0. The number of rotatable bonds is 3. The molecule has 3 aliphatic heterocycles. The predicted molar refractivity (Wildman–Crippen MR) is 108 cm³/mol. The maximum absolute atomic E-state index is 10.3. The molecule has 2 unspecified atom stereocenters. The van der Waals surface area contributed by atoms with Crippen LogP contribution in [0.4, 0.5) is 11.4 Å². The molecular formula is C21H33N3O3. The summed E-state index contributed by atoms with van der Waals surface area (Å²) in [6, 6.07) is 9.82. The molecule has 1 aromatic carbocycles. The molecule has 27 heavy (non-hydrogen) atoms. The smallest absolute Gasteiger partial charge is 0.306 e. The molecular weight excluding hydrogens is 342 g/mol. The number of nitrogens with zero attached hydrogens (tertiary/aromatic N) is 2. The minimum absolute atomic E-state index is 0.154. The summed E-state index contributed by atoms with van der Waals surface area (Å²) in [5.74, 6) is -0.836. The number of carboxylic acid groups (broad SMARTS) is 1. The van der Waals surface area contributed by atoms with Crippen LogP contribution in [0.3, 0.4) is 0 Å². The molecule has 0 spiro atoms. The minimum atomic E-state index is -0.682. The average Bonchev–Trinajstić information content (AvgIpc) is 3.32. The number of carboxylic acids is 1. The topological polar surface area (TPSA) is 79.0 Å². The summed E-state index contributed by atoms with van der Waals surface area (Å²) in [7, 11) is 0. The van der Waals surface area contributed by atoms with Gasteiger partial charge in [0.05, 0.1) is 5.92 Å². The summed E-state index contributed by atoms with van der Waals surface area (Å²) < 4.78 is 4.99. The number of nitrogens with two attached hydrogens (primary N) is 1. The summed E-state index contributed by atoms with van der Waals surface area (Å²) in [5.41, 5.74) is 7.91. The van der Waals surface area contributed by atoms with Crippen LogP contribution < -0.4 is 10.6 Å². The highest BCUT2D eigenvalue weighted by atomic mass is 16.5. The molecule has 150 valence electrons. The number of aliphatic carboxylic acids is 1. The zero-order valence-electron chi connectivity index (χ0n) is 16.3. The van der Waals surface area contributed by atoms with E-state index < -0.39 is 5.97 Å². The maximum atomic E-state index is 10.3. The molecule has 0 amide bonds. The average molecular weight is 376 g/mol. The van der Waals surface area contributed by atoms with Gasteiger partial charge in [-0.15, -0.1) is 0 Å². The lowest BCUT2D eigenvalue weighted by molar-refractivity contribution is -0.144. The molecule has 3 N–H and O–H groups in total. The zero-order chi connectivity index (χ0) is 19.2. The first-order chi connectivity index (χ1) is 13.0. The van der Waals surface area contributed by atoms with Gasteiger partial charge in [0, 0.05) is 49.8 Å². The normalized spacial score (nSPS) is 26.6. The molecule has 6 nitrogen and oxygen atoms in total. The number of hydrogen-bond acceptors (Lipinski definition) is 5. The Bertz CT molecular complexity index is 601. The van der Waals surface area contributed by atoms with Crippen LogP contribution in [0.1, 0.15) is 39.0 Å². The first kappa shape index (κ1) is 20.0. The van der Waals surface area contributed by atoms with Crippen molar-refractivity contribution < 1.29 is 14.6 Å². The van der Waals surface area contributed by atoms with Crippen LogP contribution in [0, 0.1) is 5.92 Å². The molecule has 3 fully saturated rings. The highest BCUT2D eigenvalue weighted by Crippen LogP contribution is 2.28. The Balaban J connectivity index is 0.000000197. The maximum Gasteiger partial charge on any atom is 0.306 e. The fourth-order valence-electron chi connectivity index (χ4n) is 4.37. The van der Waals surface area contributed by atoms with Gasteiger partial charge in [-0.25, -0.2) is 0 Å². The molecule has 1 aromatic rings. The van der Waals surface area contributed by atoms with Gasteiger partial charge in [-0.1, -0.05) is 0 Å². The Hall–Kier alpha value is -1.79. The second kappa shape index (κ2) is 9.42.